The number of anilines is 1. The van der Waals surface area contributed by atoms with Crippen molar-refractivity contribution in [2.24, 2.45) is 0 Å². The smallest absolute Gasteiger partial charge is 0.242 e. The molecule has 0 saturated carbocycles. The van der Waals surface area contributed by atoms with Crippen molar-refractivity contribution in [2.45, 2.75) is 58.4 Å². The first-order valence-corrected chi connectivity index (χ1v) is 11.7. The average molecular weight is 436 g/mol. The molecule has 0 radical (unpaired) electrons. The van der Waals surface area contributed by atoms with E-state index in [9.17, 15) is 9.59 Å². The third-order valence-electron chi connectivity index (χ3n) is 6.49. The number of aryl methyl sites for hydroxylation is 1. The average Bonchev–Trinajstić information content (AvgIpc) is 2.82. The van der Waals surface area contributed by atoms with Crippen molar-refractivity contribution in [1.82, 2.24) is 20.2 Å². The molecule has 2 aliphatic heterocycles. The normalized spacial score (nSPS) is 18.2. The molecule has 7 nitrogen and oxygen atoms in total. The van der Waals surface area contributed by atoms with E-state index in [4.69, 9.17) is 9.97 Å². The highest BCUT2D eigenvalue weighted by molar-refractivity contribution is 5.84. The standard InChI is InChI=1S/C25H33N5O2/c1-18-21-11-8-14-29(16-13-20-9-4-3-5-10-20)25(21)28-24(27-18)22-12-6-7-15-30(22)23(32)17-26-19(2)31/h3-5,9-10,22H,6-8,11-17H2,1-2H3,(H,26,31). The number of hydrogen-bond donors (Lipinski definition) is 1. The topological polar surface area (TPSA) is 78.4 Å². The number of aromatic nitrogens is 2. The summed E-state index contributed by atoms with van der Waals surface area (Å²) in [5.74, 6) is 1.52. The molecule has 1 saturated heterocycles. The summed E-state index contributed by atoms with van der Waals surface area (Å²) in [5.41, 5.74) is 3.59. The molecule has 2 amide bonds. The van der Waals surface area contributed by atoms with Gasteiger partial charge in [0.05, 0.1) is 12.6 Å². The van der Waals surface area contributed by atoms with Gasteiger partial charge < -0.3 is 15.1 Å². The van der Waals surface area contributed by atoms with Crippen LogP contribution in [0.25, 0.3) is 0 Å². The molecule has 170 valence electrons. The van der Waals surface area contributed by atoms with Crippen LogP contribution < -0.4 is 10.2 Å². The summed E-state index contributed by atoms with van der Waals surface area (Å²) in [6.07, 6.45) is 5.95. The Morgan fingerprint density at radius 1 is 1.09 bits per heavy atom. The van der Waals surface area contributed by atoms with Gasteiger partial charge in [0.25, 0.3) is 0 Å². The number of piperidine rings is 1. The van der Waals surface area contributed by atoms with E-state index in [-0.39, 0.29) is 24.4 Å². The number of nitrogens with one attached hydrogen (secondary N) is 1. The minimum atomic E-state index is -0.193. The van der Waals surface area contributed by atoms with Crippen molar-refractivity contribution in [2.75, 3.05) is 31.1 Å². The van der Waals surface area contributed by atoms with Gasteiger partial charge in [0.15, 0.2) is 5.82 Å². The number of carbonyl (C=O) groups is 2. The third kappa shape index (κ3) is 5.09. The first kappa shape index (κ1) is 22.2. The largest absolute Gasteiger partial charge is 0.356 e. The second-order valence-corrected chi connectivity index (χ2v) is 8.80. The van der Waals surface area contributed by atoms with Crippen LogP contribution in [0.1, 0.15) is 61.3 Å². The Kier molecular flexibility index (Phi) is 7.02. The Hall–Kier alpha value is -2.96. The van der Waals surface area contributed by atoms with Gasteiger partial charge in [0.2, 0.25) is 11.8 Å². The quantitative estimate of drug-likeness (QED) is 0.755. The van der Waals surface area contributed by atoms with Crippen LogP contribution in [0.3, 0.4) is 0 Å². The Morgan fingerprint density at radius 2 is 1.91 bits per heavy atom. The molecule has 3 heterocycles. The lowest BCUT2D eigenvalue weighted by molar-refractivity contribution is -0.136. The van der Waals surface area contributed by atoms with Crippen LogP contribution >= 0.6 is 0 Å². The fourth-order valence-corrected chi connectivity index (χ4v) is 4.78. The summed E-state index contributed by atoms with van der Waals surface area (Å²) >= 11 is 0. The van der Waals surface area contributed by atoms with Crippen LogP contribution in [-0.4, -0.2) is 52.9 Å². The van der Waals surface area contributed by atoms with E-state index in [0.29, 0.717) is 6.54 Å². The van der Waals surface area contributed by atoms with E-state index in [2.05, 4.69) is 41.4 Å². The number of nitrogens with zero attached hydrogens (tertiary/aromatic N) is 4. The summed E-state index contributed by atoms with van der Waals surface area (Å²) in [4.78, 5) is 38.3. The molecule has 1 N–H and O–H groups in total. The molecular weight excluding hydrogens is 402 g/mol. The van der Waals surface area contributed by atoms with Crippen molar-refractivity contribution in [3.05, 3.63) is 53.0 Å². The maximum atomic E-state index is 12.8. The van der Waals surface area contributed by atoms with Crippen LogP contribution in [0.4, 0.5) is 5.82 Å². The number of likely N-dealkylation sites (tertiary alicyclic amines) is 1. The second kappa shape index (κ2) is 10.1. The Morgan fingerprint density at radius 3 is 2.69 bits per heavy atom. The zero-order valence-corrected chi connectivity index (χ0v) is 19.1. The van der Waals surface area contributed by atoms with E-state index in [0.717, 1.165) is 69.0 Å². The molecule has 7 heteroatoms. The van der Waals surface area contributed by atoms with Gasteiger partial charge in [0.1, 0.15) is 5.82 Å². The van der Waals surface area contributed by atoms with Crippen molar-refractivity contribution >= 4 is 17.6 Å². The van der Waals surface area contributed by atoms with Gasteiger partial charge in [0, 0.05) is 37.8 Å². The first-order valence-electron chi connectivity index (χ1n) is 11.7. The molecular formula is C25H33N5O2. The van der Waals surface area contributed by atoms with Gasteiger partial charge in [-0.2, -0.15) is 0 Å². The molecule has 1 aromatic carbocycles. The Balaban J connectivity index is 1.57. The third-order valence-corrected chi connectivity index (χ3v) is 6.49. The van der Waals surface area contributed by atoms with Crippen molar-refractivity contribution < 1.29 is 9.59 Å². The summed E-state index contributed by atoms with van der Waals surface area (Å²) < 4.78 is 0. The van der Waals surface area contributed by atoms with Crippen molar-refractivity contribution in [3.8, 4) is 0 Å². The number of rotatable bonds is 6. The number of carbonyl (C=O) groups excluding carboxylic acids is 2. The van der Waals surface area contributed by atoms with Crippen LogP contribution in [-0.2, 0) is 22.4 Å². The van der Waals surface area contributed by atoms with Gasteiger partial charge in [-0.1, -0.05) is 30.3 Å². The highest BCUT2D eigenvalue weighted by Crippen LogP contribution is 2.33. The first-order chi connectivity index (χ1) is 15.5. The fraction of sp³-hybridized carbons (Fsp3) is 0.520. The molecule has 2 aliphatic rings. The molecule has 4 rings (SSSR count). The SMILES string of the molecule is CC(=O)NCC(=O)N1CCCCC1c1nc(C)c2c(n1)N(CCc1ccccc1)CCC2. The van der Waals surface area contributed by atoms with Crippen molar-refractivity contribution in [3.63, 3.8) is 0 Å². The second-order valence-electron chi connectivity index (χ2n) is 8.80. The predicted octanol–water partition coefficient (Wildman–Crippen LogP) is 2.97. The molecule has 0 bridgehead atoms. The number of fused-ring (bicyclic) bond motifs is 1. The summed E-state index contributed by atoms with van der Waals surface area (Å²) in [5, 5.41) is 2.64. The van der Waals surface area contributed by atoms with E-state index >= 15 is 0 Å². The maximum absolute atomic E-state index is 12.8. The summed E-state index contributed by atoms with van der Waals surface area (Å²) in [7, 11) is 0. The van der Waals surface area contributed by atoms with Crippen LogP contribution in [0.5, 0.6) is 0 Å². The molecule has 32 heavy (non-hydrogen) atoms. The van der Waals surface area contributed by atoms with Gasteiger partial charge in [-0.3, -0.25) is 9.59 Å². The van der Waals surface area contributed by atoms with Crippen molar-refractivity contribution in [1.29, 1.82) is 0 Å². The Labute approximate surface area is 190 Å². The molecule has 1 unspecified atom stereocenters. The van der Waals surface area contributed by atoms with Crippen LogP contribution in [0, 0.1) is 6.92 Å². The highest BCUT2D eigenvalue weighted by atomic mass is 16.2. The van der Waals surface area contributed by atoms with Crippen LogP contribution in [0.15, 0.2) is 30.3 Å². The van der Waals surface area contributed by atoms with E-state index in [1.165, 1.54) is 18.1 Å². The fourth-order valence-electron chi connectivity index (χ4n) is 4.78. The zero-order chi connectivity index (χ0) is 22.5. The molecule has 0 spiro atoms. The molecule has 0 aliphatic carbocycles. The van der Waals surface area contributed by atoms with Gasteiger partial charge in [-0.05, 0) is 51.0 Å². The van der Waals surface area contributed by atoms with Gasteiger partial charge in [-0.15, -0.1) is 0 Å². The maximum Gasteiger partial charge on any atom is 0.242 e. The lowest BCUT2D eigenvalue weighted by atomic mass is 9.99. The van der Waals surface area contributed by atoms with E-state index in [1.807, 2.05) is 11.0 Å². The van der Waals surface area contributed by atoms with E-state index in [1.54, 1.807) is 0 Å². The minimum Gasteiger partial charge on any atom is -0.356 e. The monoisotopic (exact) mass is 435 g/mol. The number of amides is 2. The lowest BCUT2D eigenvalue weighted by Gasteiger charge is -2.37. The van der Waals surface area contributed by atoms with Gasteiger partial charge >= 0.3 is 0 Å². The minimum absolute atomic E-state index is 0.0267. The van der Waals surface area contributed by atoms with E-state index < -0.39 is 0 Å². The van der Waals surface area contributed by atoms with Crippen LogP contribution in [0.2, 0.25) is 0 Å². The Bertz CT molecular complexity index is 962. The van der Waals surface area contributed by atoms with Gasteiger partial charge in [-0.25, -0.2) is 9.97 Å². The lowest BCUT2D eigenvalue weighted by Crippen LogP contribution is -2.44. The summed E-state index contributed by atoms with van der Waals surface area (Å²) in [6.45, 7) is 6.12. The molecule has 1 atom stereocenters. The predicted molar refractivity (Wildman–Crippen MR) is 124 cm³/mol. The number of benzene rings is 1. The molecule has 1 fully saturated rings. The summed E-state index contributed by atoms with van der Waals surface area (Å²) in [6, 6.07) is 10.4. The number of hydrogen-bond acceptors (Lipinski definition) is 5. The zero-order valence-electron chi connectivity index (χ0n) is 19.1. The highest BCUT2D eigenvalue weighted by Gasteiger charge is 2.32. The molecule has 1 aromatic heterocycles. The molecule has 2 aromatic rings.